The highest BCUT2D eigenvalue weighted by Crippen LogP contribution is 2.10. The number of piperazine rings is 1. The zero-order valence-electron chi connectivity index (χ0n) is 9.74. The maximum atomic E-state index is 11.9. The minimum atomic E-state index is 0.0867. The summed E-state index contributed by atoms with van der Waals surface area (Å²) in [5.74, 6) is 0.208. The number of hydrogen-bond acceptors (Lipinski definition) is 3. The maximum Gasteiger partial charge on any atom is 0.242 e. The molecule has 0 aromatic heterocycles. The van der Waals surface area contributed by atoms with Crippen molar-refractivity contribution >= 4 is 11.8 Å². The SMILES string of the molecule is C[C@@H]1CN(C(=O)CN2CCCC2=O)CCN1. The van der Waals surface area contributed by atoms with Gasteiger partial charge in [0, 0.05) is 38.6 Å². The molecule has 90 valence electrons. The summed E-state index contributed by atoms with van der Waals surface area (Å²) in [7, 11) is 0. The molecule has 0 aromatic rings. The van der Waals surface area contributed by atoms with Crippen LogP contribution in [0.1, 0.15) is 19.8 Å². The molecule has 2 aliphatic rings. The van der Waals surface area contributed by atoms with Crippen molar-refractivity contribution in [1.82, 2.24) is 15.1 Å². The van der Waals surface area contributed by atoms with E-state index in [1.54, 1.807) is 4.90 Å². The van der Waals surface area contributed by atoms with E-state index in [9.17, 15) is 9.59 Å². The van der Waals surface area contributed by atoms with Gasteiger partial charge in [0.05, 0.1) is 6.54 Å². The fourth-order valence-electron chi connectivity index (χ4n) is 2.29. The number of hydrogen-bond donors (Lipinski definition) is 1. The minimum Gasteiger partial charge on any atom is -0.338 e. The fourth-order valence-corrected chi connectivity index (χ4v) is 2.29. The first-order valence-corrected chi connectivity index (χ1v) is 5.96. The standard InChI is InChI=1S/C11H19N3O2/c1-9-7-14(6-4-12-9)11(16)8-13-5-2-3-10(13)15/h9,12H,2-8H2,1H3/t9-/m1/s1. The lowest BCUT2D eigenvalue weighted by molar-refractivity contribution is -0.139. The van der Waals surface area contributed by atoms with E-state index in [0.29, 0.717) is 12.5 Å². The Morgan fingerprint density at radius 2 is 2.31 bits per heavy atom. The quantitative estimate of drug-likeness (QED) is 0.684. The molecule has 16 heavy (non-hydrogen) atoms. The van der Waals surface area contributed by atoms with E-state index in [1.807, 2.05) is 4.90 Å². The van der Waals surface area contributed by atoms with Crippen LogP contribution in [-0.2, 0) is 9.59 Å². The number of likely N-dealkylation sites (tertiary alicyclic amines) is 1. The first-order valence-electron chi connectivity index (χ1n) is 5.96. The maximum absolute atomic E-state index is 11.9. The number of carbonyl (C=O) groups is 2. The second kappa shape index (κ2) is 4.82. The van der Waals surface area contributed by atoms with E-state index in [4.69, 9.17) is 0 Å². The van der Waals surface area contributed by atoms with Gasteiger partial charge < -0.3 is 15.1 Å². The number of amides is 2. The molecule has 0 aromatic carbocycles. The van der Waals surface area contributed by atoms with Gasteiger partial charge in [-0.1, -0.05) is 0 Å². The molecule has 2 rings (SSSR count). The van der Waals surface area contributed by atoms with Gasteiger partial charge in [0.15, 0.2) is 0 Å². The molecule has 2 fully saturated rings. The number of rotatable bonds is 2. The van der Waals surface area contributed by atoms with Crippen LogP contribution in [0.25, 0.3) is 0 Å². The van der Waals surface area contributed by atoms with Crippen LogP contribution in [0.5, 0.6) is 0 Å². The van der Waals surface area contributed by atoms with Gasteiger partial charge in [-0.2, -0.15) is 0 Å². The third-order valence-corrected chi connectivity index (χ3v) is 3.22. The lowest BCUT2D eigenvalue weighted by Gasteiger charge is -2.33. The van der Waals surface area contributed by atoms with Crippen LogP contribution >= 0.6 is 0 Å². The van der Waals surface area contributed by atoms with E-state index in [-0.39, 0.29) is 18.4 Å². The van der Waals surface area contributed by atoms with Crippen molar-refractivity contribution in [1.29, 1.82) is 0 Å². The minimum absolute atomic E-state index is 0.0867. The van der Waals surface area contributed by atoms with Crippen LogP contribution in [0.2, 0.25) is 0 Å². The molecule has 0 aliphatic carbocycles. The largest absolute Gasteiger partial charge is 0.338 e. The van der Waals surface area contributed by atoms with Crippen molar-refractivity contribution in [3.8, 4) is 0 Å². The highest BCUT2D eigenvalue weighted by Gasteiger charge is 2.26. The highest BCUT2D eigenvalue weighted by atomic mass is 16.2. The van der Waals surface area contributed by atoms with Crippen LogP contribution in [-0.4, -0.2) is 60.4 Å². The lowest BCUT2D eigenvalue weighted by atomic mass is 10.2. The Labute approximate surface area is 95.8 Å². The zero-order valence-corrected chi connectivity index (χ0v) is 9.74. The monoisotopic (exact) mass is 225 g/mol. The van der Waals surface area contributed by atoms with E-state index in [2.05, 4.69) is 12.2 Å². The molecule has 5 heteroatoms. The Morgan fingerprint density at radius 3 is 2.94 bits per heavy atom. The van der Waals surface area contributed by atoms with Crippen molar-refractivity contribution in [2.75, 3.05) is 32.7 Å². The second-order valence-corrected chi connectivity index (χ2v) is 4.61. The van der Waals surface area contributed by atoms with Crippen molar-refractivity contribution < 1.29 is 9.59 Å². The summed E-state index contributed by atoms with van der Waals surface area (Å²) < 4.78 is 0. The Hall–Kier alpha value is -1.10. The van der Waals surface area contributed by atoms with Gasteiger partial charge in [-0.05, 0) is 13.3 Å². The molecule has 0 radical (unpaired) electrons. The molecular formula is C11H19N3O2. The van der Waals surface area contributed by atoms with Gasteiger partial charge in [-0.3, -0.25) is 9.59 Å². The van der Waals surface area contributed by atoms with Crippen molar-refractivity contribution in [2.45, 2.75) is 25.8 Å². The van der Waals surface area contributed by atoms with Gasteiger partial charge in [0.25, 0.3) is 0 Å². The van der Waals surface area contributed by atoms with Crippen molar-refractivity contribution in [3.05, 3.63) is 0 Å². The molecule has 1 atom stereocenters. The zero-order chi connectivity index (χ0) is 11.5. The molecule has 2 aliphatic heterocycles. The summed E-state index contributed by atoms with van der Waals surface area (Å²) in [6.45, 7) is 5.44. The number of nitrogens with zero attached hydrogens (tertiary/aromatic N) is 2. The lowest BCUT2D eigenvalue weighted by Crippen LogP contribution is -2.53. The second-order valence-electron chi connectivity index (χ2n) is 4.61. The molecule has 0 saturated carbocycles. The average Bonchev–Trinajstić information content (AvgIpc) is 2.64. The third-order valence-electron chi connectivity index (χ3n) is 3.22. The van der Waals surface area contributed by atoms with Crippen LogP contribution in [0.15, 0.2) is 0 Å². The third kappa shape index (κ3) is 2.52. The van der Waals surface area contributed by atoms with E-state index in [0.717, 1.165) is 32.6 Å². The summed E-state index contributed by atoms with van der Waals surface area (Å²) in [4.78, 5) is 26.9. The van der Waals surface area contributed by atoms with Crippen LogP contribution in [0.4, 0.5) is 0 Å². The normalized spacial score (nSPS) is 26.3. The van der Waals surface area contributed by atoms with Crippen molar-refractivity contribution in [3.63, 3.8) is 0 Å². The van der Waals surface area contributed by atoms with Crippen LogP contribution in [0.3, 0.4) is 0 Å². The summed E-state index contributed by atoms with van der Waals surface area (Å²) in [5, 5.41) is 3.29. The Bertz CT molecular complexity index is 293. The number of nitrogens with one attached hydrogen (secondary N) is 1. The van der Waals surface area contributed by atoms with E-state index >= 15 is 0 Å². The molecule has 5 nitrogen and oxygen atoms in total. The Kier molecular flexibility index (Phi) is 3.43. The molecule has 1 N–H and O–H groups in total. The molecule has 2 heterocycles. The van der Waals surface area contributed by atoms with E-state index < -0.39 is 0 Å². The molecular weight excluding hydrogens is 206 g/mol. The summed E-state index contributed by atoms with van der Waals surface area (Å²) >= 11 is 0. The first kappa shape index (κ1) is 11.4. The van der Waals surface area contributed by atoms with Gasteiger partial charge in [0.2, 0.25) is 11.8 Å². The van der Waals surface area contributed by atoms with Gasteiger partial charge in [-0.25, -0.2) is 0 Å². The van der Waals surface area contributed by atoms with Crippen molar-refractivity contribution in [2.24, 2.45) is 0 Å². The number of carbonyl (C=O) groups excluding carboxylic acids is 2. The summed E-state index contributed by atoms with van der Waals surface area (Å²) in [6.07, 6.45) is 1.50. The highest BCUT2D eigenvalue weighted by molar-refractivity contribution is 5.85. The topological polar surface area (TPSA) is 52.7 Å². The van der Waals surface area contributed by atoms with Gasteiger partial charge in [0.1, 0.15) is 0 Å². The first-order chi connectivity index (χ1) is 7.66. The van der Waals surface area contributed by atoms with E-state index in [1.165, 1.54) is 0 Å². The smallest absolute Gasteiger partial charge is 0.242 e. The molecule has 2 saturated heterocycles. The summed E-state index contributed by atoms with van der Waals surface area (Å²) in [5.41, 5.74) is 0. The van der Waals surface area contributed by atoms with Crippen LogP contribution in [0, 0.1) is 0 Å². The van der Waals surface area contributed by atoms with Gasteiger partial charge in [-0.15, -0.1) is 0 Å². The predicted octanol–water partition coefficient (Wildman–Crippen LogP) is -0.571. The molecule has 0 unspecified atom stereocenters. The van der Waals surface area contributed by atoms with Gasteiger partial charge >= 0.3 is 0 Å². The Balaban J connectivity index is 1.85. The predicted molar refractivity (Wildman–Crippen MR) is 59.9 cm³/mol. The average molecular weight is 225 g/mol. The Morgan fingerprint density at radius 1 is 1.50 bits per heavy atom. The fraction of sp³-hybridized carbons (Fsp3) is 0.818. The molecule has 2 amide bonds. The molecule has 0 spiro atoms. The summed E-state index contributed by atoms with van der Waals surface area (Å²) in [6, 6.07) is 0.354. The molecule has 0 bridgehead atoms. The van der Waals surface area contributed by atoms with Crippen LogP contribution < -0.4 is 5.32 Å².